The highest BCUT2D eigenvalue weighted by Gasteiger charge is 2.49. The van der Waals surface area contributed by atoms with E-state index in [0.717, 1.165) is 0 Å². The molecule has 0 saturated carbocycles. The van der Waals surface area contributed by atoms with Crippen molar-refractivity contribution in [3.05, 3.63) is 24.2 Å². The Morgan fingerprint density at radius 1 is 1.58 bits per heavy atom. The van der Waals surface area contributed by atoms with Crippen molar-refractivity contribution < 1.29 is 24.2 Å². The van der Waals surface area contributed by atoms with Crippen molar-refractivity contribution in [2.24, 2.45) is 5.92 Å². The van der Waals surface area contributed by atoms with Crippen LogP contribution in [0.1, 0.15) is 25.5 Å². The van der Waals surface area contributed by atoms with Crippen LogP contribution in [0.5, 0.6) is 0 Å². The molecular formula is C13H17NO5. The molecule has 1 saturated heterocycles. The van der Waals surface area contributed by atoms with Crippen LogP contribution in [0.2, 0.25) is 0 Å². The van der Waals surface area contributed by atoms with Gasteiger partial charge in [-0.15, -0.1) is 0 Å². The van der Waals surface area contributed by atoms with Gasteiger partial charge in [0.1, 0.15) is 5.76 Å². The topological polar surface area (TPSA) is 91.0 Å². The van der Waals surface area contributed by atoms with Gasteiger partial charge in [0.05, 0.1) is 24.8 Å². The molecule has 1 aliphatic heterocycles. The number of likely N-dealkylation sites (tertiary alicyclic amines) is 1. The van der Waals surface area contributed by atoms with Crippen LogP contribution in [0, 0.1) is 5.92 Å². The number of hydrogen-bond acceptors (Lipinski definition) is 4. The Bertz CT molecular complexity index is 454. The van der Waals surface area contributed by atoms with Gasteiger partial charge in [-0.05, 0) is 25.5 Å². The molecule has 2 heterocycles. The lowest BCUT2D eigenvalue weighted by molar-refractivity contribution is -0.167. The summed E-state index contributed by atoms with van der Waals surface area (Å²) in [7, 11) is 0. The van der Waals surface area contributed by atoms with E-state index >= 15 is 0 Å². The molecular weight excluding hydrogens is 250 g/mol. The van der Waals surface area contributed by atoms with Crippen molar-refractivity contribution in [3.63, 3.8) is 0 Å². The van der Waals surface area contributed by atoms with E-state index in [9.17, 15) is 14.7 Å². The number of carboxylic acid groups (broad SMARTS) is 1. The average Bonchev–Trinajstić information content (AvgIpc) is 2.82. The fourth-order valence-corrected chi connectivity index (χ4v) is 2.53. The van der Waals surface area contributed by atoms with Gasteiger partial charge in [0.15, 0.2) is 0 Å². The number of amides is 1. The summed E-state index contributed by atoms with van der Waals surface area (Å²) in [5.74, 6) is -0.907. The third-order valence-corrected chi connectivity index (χ3v) is 3.46. The molecule has 1 amide bonds. The molecule has 1 aromatic rings. The summed E-state index contributed by atoms with van der Waals surface area (Å²) < 4.78 is 5.19. The standard InChI is InChI=1S/C13H17NO5/c1-8(15)12-10(4-5-11(16)17)14(13(12)18)7-9-3-2-6-19-9/h2-3,6,8,10,12,15H,4-5,7H2,1H3,(H,16,17)/t8-,10+,12-/m1/s1. The van der Waals surface area contributed by atoms with Gasteiger partial charge in [-0.3, -0.25) is 9.59 Å². The molecule has 1 fully saturated rings. The van der Waals surface area contributed by atoms with E-state index in [2.05, 4.69) is 0 Å². The Morgan fingerprint density at radius 3 is 2.84 bits per heavy atom. The number of furan rings is 1. The van der Waals surface area contributed by atoms with Crippen LogP contribution >= 0.6 is 0 Å². The summed E-state index contributed by atoms with van der Waals surface area (Å²) >= 11 is 0. The first-order valence-electron chi connectivity index (χ1n) is 6.23. The van der Waals surface area contributed by atoms with Crippen molar-refractivity contribution in [2.45, 2.75) is 38.5 Å². The fraction of sp³-hybridized carbons (Fsp3) is 0.538. The predicted molar refractivity (Wildman–Crippen MR) is 65.1 cm³/mol. The lowest BCUT2D eigenvalue weighted by atomic mass is 9.80. The van der Waals surface area contributed by atoms with Gasteiger partial charge in [-0.25, -0.2) is 0 Å². The monoisotopic (exact) mass is 267 g/mol. The SMILES string of the molecule is C[C@@H](O)[C@H]1C(=O)N(Cc2ccco2)[C@H]1CCC(=O)O. The van der Waals surface area contributed by atoms with Gasteiger partial charge in [0.2, 0.25) is 5.91 Å². The van der Waals surface area contributed by atoms with E-state index in [0.29, 0.717) is 18.7 Å². The molecule has 3 atom stereocenters. The normalized spacial score (nSPS) is 24.1. The van der Waals surface area contributed by atoms with Crippen molar-refractivity contribution in [1.29, 1.82) is 0 Å². The van der Waals surface area contributed by atoms with E-state index in [-0.39, 0.29) is 18.4 Å². The van der Waals surface area contributed by atoms with Crippen molar-refractivity contribution in [3.8, 4) is 0 Å². The fourth-order valence-electron chi connectivity index (χ4n) is 2.53. The highest BCUT2D eigenvalue weighted by atomic mass is 16.4. The lowest BCUT2D eigenvalue weighted by Crippen LogP contribution is -2.63. The summed E-state index contributed by atoms with van der Waals surface area (Å²) in [6.45, 7) is 1.87. The molecule has 2 rings (SSSR count). The van der Waals surface area contributed by atoms with Crippen LogP contribution in [0.4, 0.5) is 0 Å². The maximum Gasteiger partial charge on any atom is 0.303 e. The second-order valence-electron chi connectivity index (χ2n) is 4.81. The molecule has 1 aliphatic rings. The van der Waals surface area contributed by atoms with E-state index < -0.39 is 18.0 Å². The number of carbonyl (C=O) groups is 2. The van der Waals surface area contributed by atoms with Gasteiger partial charge in [0, 0.05) is 12.5 Å². The molecule has 0 radical (unpaired) electrons. The Labute approximate surface area is 110 Å². The molecule has 19 heavy (non-hydrogen) atoms. The zero-order valence-electron chi connectivity index (χ0n) is 10.7. The zero-order valence-corrected chi connectivity index (χ0v) is 10.7. The molecule has 6 nitrogen and oxygen atoms in total. The maximum atomic E-state index is 12.0. The smallest absolute Gasteiger partial charge is 0.303 e. The Hall–Kier alpha value is -1.82. The first kappa shape index (κ1) is 13.6. The summed E-state index contributed by atoms with van der Waals surface area (Å²) in [5.41, 5.74) is 0. The summed E-state index contributed by atoms with van der Waals surface area (Å²) in [6.07, 6.45) is 1.09. The van der Waals surface area contributed by atoms with Crippen molar-refractivity contribution >= 4 is 11.9 Å². The highest BCUT2D eigenvalue weighted by Crippen LogP contribution is 2.34. The Balaban J connectivity index is 2.03. The minimum atomic E-state index is -0.901. The second kappa shape index (κ2) is 5.44. The molecule has 1 aromatic heterocycles. The molecule has 6 heteroatoms. The van der Waals surface area contributed by atoms with E-state index in [1.807, 2.05) is 0 Å². The van der Waals surface area contributed by atoms with Crippen LogP contribution in [0.3, 0.4) is 0 Å². The molecule has 0 spiro atoms. The number of aliphatic hydroxyl groups excluding tert-OH is 1. The quantitative estimate of drug-likeness (QED) is 0.746. The molecule has 0 unspecified atom stereocenters. The number of aliphatic carboxylic acids is 1. The Kier molecular flexibility index (Phi) is 3.90. The summed E-state index contributed by atoms with van der Waals surface area (Å²) in [6, 6.07) is 3.25. The first-order valence-corrected chi connectivity index (χ1v) is 6.23. The van der Waals surface area contributed by atoms with Gasteiger partial charge in [-0.1, -0.05) is 0 Å². The van der Waals surface area contributed by atoms with Crippen molar-refractivity contribution in [1.82, 2.24) is 4.90 Å². The molecule has 0 bridgehead atoms. The number of rotatable bonds is 6. The zero-order chi connectivity index (χ0) is 14.0. The number of carbonyl (C=O) groups excluding carboxylic acids is 1. The summed E-state index contributed by atoms with van der Waals surface area (Å²) in [5, 5.41) is 18.3. The molecule has 0 aromatic carbocycles. The predicted octanol–water partition coefficient (Wildman–Crippen LogP) is 0.852. The third kappa shape index (κ3) is 2.78. The van der Waals surface area contributed by atoms with Crippen LogP contribution < -0.4 is 0 Å². The molecule has 0 aliphatic carbocycles. The van der Waals surface area contributed by atoms with Gasteiger partial charge < -0.3 is 19.5 Å². The number of aliphatic hydroxyl groups is 1. The van der Waals surface area contributed by atoms with E-state index in [4.69, 9.17) is 9.52 Å². The third-order valence-electron chi connectivity index (χ3n) is 3.46. The largest absolute Gasteiger partial charge is 0.481 e. The van der Waals surface area contributed by atoms with Gasteiger partial charge in [-0.2, -0.15) is 0 Å². The van der Waals surface area contributed by atoms with Crippen LogP contribution in [-0.4, -0.2) is 39.1 Å². The molecule has 2 N–H and O–H groups in total. The number of β-lactam (4-membered cyclic amide) rings is 1. The molecule has 104 valence electrons. The summed E-state index contributed by atoms with van der Waals surface area (Å²) in [4.78, 5) is 24.2. The van der Waals surface area contributed by atoms with Gasteiger partial charge >= 0.3 is 5.97 Å². The van der Waals surface area contributed by atoms with Crippen LogP contribution in [-0.2, 0) is 16.1 Å². The average molecular weight is 267 g/mol. The van der Waals surface area contributed by atoms with E-state index in [1.165, 1.54) is 6.26 Å². The van der Waals surface area contributed by atoms with Crippen LogP contribution in [0.25, 0.3) is 0 Å². The first-order chi connectivity index (χ1) is 9.00. The van der Waals surface area contributed by atoms with Gasteiger partial charge in [0.25, 0.3) is 0 Å². The maximum absolute atomic E-state index is 12.0. The number of hydrogen-bond donors (Lipinski definition) is 2. The van der Waals surface area contributed by atoms with Crippen LogP contribution in [0.15, 0.2) is 22.8 Å². The van der Waals surface area contributed by atoms with E-state index in [1.54, 1.807) is 24.0 Å². The van der Waals surface area contributed by atoms with Crippen molar-refractivity contribution in [2.75, 3.05) is 0 Å². The minimum Gasteiger partial charge on any atom is -0.481 e. The highest BCUT2D eigenvalue weighted by molar-refractivity contribution is 5.86. The number of carboxylic acids is 1. The number of nitrogens with zero attached hydrogens (tertiary/aromatic N) is 1. The Morgan fingerprint density at radius 2 is 2.32 bits per heavy atom. The second-order valence-corrected chi connectivity index (χ2v) is 4.81. The lowest BCUT2D eigenvalue weighted by Gasteiger charge is -2.48. The minimum absolute atomic E-state index is 0.0180.